The molecule has 26 heavy (non-hydrogen) atoms. The number of unbranched alkanes of at least 4 members (excludes halogenated alkanes) is 1. The average Bonchev–Trinajstić information content (AvgIpc) is 2.64. The van der Waals surface area contributed by atoms with Crippen LogP contribution in [0.25, 0.3) is 10.9 Å². The molecular weight excluding hydrogens is 375 g/mol. The number of methoxy groups -OCH3 is 1. The number of halogens is 2. The Bertz CT molecular complexity index is 921. The molecule has 0 amide bonds. The molecule has 1 aromatic heterocycles. The molecule has 0 bridgehead atoms. The van der Waals surface area contributed by atoms with Crippen LogP contribution in [0.1, 0.15) is 19.8 Å². The van der Waals surface area contributed by atoms with Gasteiger partial charge in [-0.1, -0.05) is 36.5 Å². The Labute approximate surface area is 161 Å². The van der Waals surface area contributed by atoms with E-state index in [-0.39, 0.29) is 0 Å². The van der Waals surface area contributed by atoms with Crippen molar-refractivity contribution in [3.8, 4) is 11.5 Å². The minimum atomic E-state index is 0.451. The van der Waals surface area contributed by atoms with E-state index in [4.69, 9.17) is 32.7 Å². The number of nitrogens with zero attached hydrogens (tertiary/aromatic N) is 3. The summed E-state index contributed by atoms with van der Waals surface area (Å²) in [6, 6.07) is 8.87. The van der Waals surface area contributed by atoms with Crippen molar-refractivity contribution in [2.45, 2.75) is 19.8 Å². The molecule has 0 aliphatic rings. The number of anilines is 2. The minimum Gasteiger partial charge on any atom is -0.493 e. The fourth-order valence-corrected chi connectivity index (χ4v) is 2.69. The third-order valence-corrected chi connectivity index (χ3v) is 4.51. The molecule has 3 aromatic rings. The molecular formula is C18H18Cl2N4O2. The maximum absolute atomic E-state index is 6.07. The molecule has 3 rings (SSSR count). The third kappa shape index (κ3) is 4.08. The van der Waals surface area contributed by atoms with Gasteiger partial charge in [-0.3, -0.25) is 0 Å². The fourth-order valence-electron chi connectivity index (χ4n) is 2.39. The van der Waals surface area contributed by atoms with Gasteiger partial charge in [0.2, 0.25) is 0 Å². The van der Waals surface area contributed by atoms with Crippen molar-refractivity contribution in [3.05, 3.63) is 40.4 Å². The van der Waals surface area contributed by atoms with Crippen LogP contribution in [0, 0.1) is 0 Å². The molecule has 0 saturated carbocycles. The van der Waals surface area contributed by atoms with E-state index in [2.05, 4.69) is 27.7 Å². The van der Waals surface area contributed by atoms with Gasteiger partial charge in [-0.2, -0.15) is 0 Å². The zero-order chi connectivity index (χ0) is 18.5. The number of rotatable bonds is 7. The molecule has 8 heteroatoms. The molecule has 0 radical (unpaired) electrons. The summed E-state index contributed by atoms with van der Waals surface area (Å²) in [4.78, 5) is 0. The van der Waals surface area contributed by atoms with E-state index in [1.165, 1.54) is 0 Å². The molecule has 0 aliphatic carbocycles. The number of benzene rings is 2. The van der Waals surface area contributed by atoms with Gasteiger partial charge in [0.15, 0.2) is 17.3 Å². The summed E-state index contributed by atoms with van der Waals surface area (Å²) >= 11 is 12.0. The summed E-state index contributed by atoms with van der Waals surface area (Å²) in [5, 5.41) is 16.9. The summed E-state index contributed by atoms with van der Waals surface area (Å²) in [5.41, 5.74) is 1.39. The van der Waals surface area contributed by atoms with E-state index >= 15 is 0 Å². The summed E-state index contributed by atoms with van der Waals surface area (Å²) in [6.07, 6.45) is 2.02. The Kier molecular flexibility index (Phi) is 5.96. The molecule has 0 unspecified atom stereocenters. The number of ether oxygens (including phenoxy) is 2. The average molecular weight is 393 g/mol. The van der Waals surface area contributed by atoms with Crippen LogP contribution in [-0.2, 0) is 0 Å². The largest absolute Gasteiger partial charge is 0.493 e. The topological polar surface area (TPSA) is 69.2 Å². The van der Waals surface area contributed by atoms with E-state index in [9.17, 15) is 0 Å². The number of nitrogens with one attached hydrogen (secondary N) is 1. The first-order valence-corrected chi connectivity index (χ1v) is 8.94. The van der Waals surface area contributed by atoms with E-state index in [0.717, 1.165) is 23.9 Å². The molecule has 6 nitrogen and oxygen atoms in total. The molecule has 0 spiro atoms. The highest BCUT2D eigenvalue weighted by Gasteiger charge is 2.13. The Balaban J connectivity index is 1.97. The summed E-state index contributed by atoms with van der Waals surface area (Å²) in [7, 11) is 1.60. The van der Waals surface area contributed by atoms with Gasteiger partial charge in [-0.05, 0) is 35.9 Å². The monoisotopic (exact) mass is 392 g/mol. The lowest BCUT2D eigenvalue weighted by Crippen LogP contribution is -2.02. The van der Waals surface area contributed by atoms with Gasteiger partial charge >= 0.3 is 0 Å². The maximum Gasteiger partial charge on any atom is 0.164 e. The van der Waals surface area contributed by atoms with Crippen LogP contribution in [-0.4, -0.2) is 29.1 Å². The first-order valence-electron chi connectivity index (χ1n) is 8.18. The quantitative estimate of drug-likeness (QED) is 0.552. The van der Waals surface area contributed by atoms with Crippen molar-refractivity contribution in [3.63, 3.8) is 0 Å². The van der Waals surface area contributed by atoms with E-state index in [0.29, 0.717) is 39.5 Å². The lowest BCUT2D eigenvalue weighted by molar-refractivity contribution is 0.289. The zero-order valence-electron chi connectivity index (χ0n) is 14.4. The number of fused-ring (bicyclic) bond motifs is 1. The normalized spacial score (nSPS) is 10.8. The molecule has 2 aromatic carbocycles. The highest BCUT2D eigenvalue weighted by atomic mass is 35.5. The molecule has 0 aliphatic heterocycles. The maximum atomic E-state index is 6.07. The highest BCUT2D eigenvalue weighted by Crippen LogP contribution is 2.35. The predicted octanol–water partition coefficient (Wildman–Crippen LogP) is 5.26. The summed E-state index contributed by atoms with van der Waals surface area (Å²) in [5.74, 6) is 1.78. The van der Waals surface area contributed by atoms with Gasteiger partial charge in [0.05, 0.1) is 29.1 Å². The fraction of sp³-hybridized carbons (Fsp3) is 0.278. The van der Waals surface area contributed by atoms with Gasteiger partial charge < -0.3 is 14.8 Å². The minimum absolute atomic E-state index is 0.451. The van der Waals surface area contributed by atoms with E-state index in [1.807, 2.05) is 12.1 Å². The second-order valence-corrected chi connectivity index (χ2v) is 6.43. The Morgan fingerprint density at radius 3 is 2.62 bits per heavy atom. The van der Waals surface area contributed by atoms with Gasteiger partial charge in [0, 0.05) is 11.8 Å². The Morgan fingerprint density at radius 2 is 1.88 bits per heavy atom. The van der Waals surface area contributed by atoms with Crippen molar-refractivity contribution >= 4 is 45.6 Å². The third-order valence-electron chi connectivity index (χ3n) is 3.77. The van der Waals surface area contributed by atoms with Crippen molar-refractivity contribution in [2.24, 2.45) is 0 Å². The van der Waals surface area contributed by atoms with Gasteiger partial charge in [-0.15, -0.1) is 10.2 Å². The van der Waals surface area contributed by atoms with Crippen molar-refractivity contribution < 1.29 is 9.47 Å². The van der Waals surface area contributed by atoms with Gasteiger partial charge in [0.1, 0.15) is 5.52 Å². The first-order chi connectivity index (χ1) is 12.6. The number of hydrogen-bond acceptors (Lipinski definition) is 6. The zero-order valence-corrected chi connectivity index (χ0v) is 15.9. The van der Waals surface area contributed by atoms with Crippen LogP contribution < -0.4 is 14.8 Å². The molecule has 0 atom stereocenters. The Morgan fingerprint density at radius 1 is 1.04 bits per heavy atom. The van der Waals surface area contributed by atoms with Crippen molar-refractivity contribution in [1.29, 1.82) is 0 Å². The second-order valence-electron chi connectivity index (χ2n) is 5.61. The van der Waals surface area contributed by atoms with Crippen molar-refractivity contribution in [1.82, 2.24) is 15.4 Å². The van der Waals surface area contributed by atoms with Crippen LogP contribution in [0.3, 0.4) is 0 Å². The van der Waals surface area contributed by atoms with E-state index < -0.39 is 0 Å². The first kappa shape index (κ1) is 18.5. The smallest absolute Gasteiger partial charge is 0.164 e. The highest BCUT2D eigenvalue weighted by molar-refractivity contribution is 6.42. The standard InChI is InChI=1S/C18H18Cl2N4O2/c1-3-4-7-26-17-10-15-12(9-16(17)25-2)18(23-24-22-15)21-11-5-6-13(19)14(20)8-11/h5-6,8-10H,3-4,7H2,1-2H3,(H,21,22,23). The van der Waals surface area contributed by atoms with Crippen molar-refractivity contribution in [2.75, 3.05) is 19.0 Å². The van der Waals surface area contributed by atoms with Crippen LogP contribution in [0.15, 0.2) is 30.3 Å². The lowest BCUT2D eigenvalue weighted by Gasteiger charge is -2.13. The lowest BCUT2D eigenvalue weighted by atomic mass is 10.2. The molecule has 0 saturated heterocycles. The summed E-state index contributed by atoms with van der Waals surface area (Å²) < 4.78 is 11.3. The number of aromatic nitrogens is 3. The second kappa shape index (κ2) is 8.38. The molecule has 0 fully saturated rings. The van der Waals surface area contributed by atoms with Gasteiger partial charge in [-0.25, -0.2) is 0 Å². The van der Waals surface area contributed by atoms with Gasteiger partial charge in [0.25, 0.3) is 0 Å². The van der Waals surface area contributed by atoms with Crippen LogP contribution in [0.4, 0.5) is 11.5 Å². The predicted molar refractivity (Wildman–Crippen MR) is 104 cm³/mol. The molecule has 1 heterocycles. The van der Waals surface area contributed by atoms with Crippen LogP contribution in [0.5, 0.6) is 11.5 Å². The Hall–Kier alpha value is -2.31. The summed E-state index contributed by atoms with van der Waals surface area (Å²) in [6.45, 7) is 2.73. The van der Waals surface area contributed by atoms with Crippen LogP contribution in [0.2, 0.25) is 10.0 Å². The molecule has 136 valence electrons. The number of hydrogen-bond donors (Lipinski definition) is 1. The molecule has 1 N–H and O–H groups in total. The SMILES string of the molecule is CCCCOc1cc2nnnc(Nc3ccc(Cl)c(Cl)c3)c2cc1OC. The van der Waals surface area contributed by atoms with Crippen LogP contribution >= 0.6 is 23.2 Å². The van der Waals surface area contributed by atoms with E-state index in [1.54, 1.807) is 25.3 Å².